The molecule has 0 radical (unpaired) electrons. The van der Waals surface area contributed by atoms with E-state index in [9.17, 15) is 9.59 Å². The zero-order valence-corrected chi connectivity index (χ0v) is 15.8. The van der Waals surface area contributed by atoms with Crippen LogP contribution in [0, 0.1) is 0 Å². The average Bonchev–Trinajstić information content (AvgIpc) is 3.21. The number of likely N-dealkylation sites (tertiary alicyclic amines) is 1. The van der Waals surface area contributed by atoms with Crippen LogP contribution in [0.15, 0.2) is 18.3 Å². The Hall–Kier alpha value is -2.35. The van der Waals surface area contributed by atoms with Gasteiger partial charge in [-0.1, -0.05) is 0 Å². The van der Waals surface area contributed by atoms with Crippen LogP contribution in [-0.2, 0) is 9.47 Å². The molecule has 1 atom stereocenters. The largest absolute Gasteiger partial charge is 0.450 e. The number of amides is 2. The van der Waals surface area contributed by atoms with Crippen LogP contribution < -0.4 is 10.6 Å². The zero-order chi connectivity index (χ0) is 19.1. The lowest BCUT2D eigenvalue weighted by molar-refractivity contribution is 0.0853. The van der Waals surface area contributed by atoms with Gasteiger partial charge < -0.3 is 25.0 Å². The third kappa shape index (κ3) is 5.56. The summed E-state index contributed by atoms with van der Waals surface area (Å²) in [6, 6.07) is 3.87. The number of hydrogen-bond donors (Lipinski definition) is 2. The molecule has 2 aliphatic heterocycles. The molecule has 1 unspecified atom stereocenters. The van der Waals surface area contributed by atoms with Crippen LogP contribution in [0.3, 0.4) is 0 Å². The molecule has 2 aliphatic rings. The van der Waals surface area contributed by atoms with Crippen LogP contribution in [0.2, 0.25) is 0 Å². The predicted octanol–water partition coefficient (Wildman–Crippen LogP) is 2.02. The summed E-state index contributed by atoms with van der Waals surface area (Å²) < 4.78 is 10.6. The molecule has 2 N–H and O–H groups in total. The summed E-state index contributed by atoms with van der Waals surface area (Å²) in [5.74, 6) is -0.189. The highest BCUT2D eigenvalue weighted by atomic mass is 16.6. The topological polar surface area (TPSA) is 92.8 Å². The molecule has 0 bridgehead atoms. The second kappa shape index (κ2) is 9.55. The van der Waals surface area contributed by atoms with Crippen molar-refractivity contribution in [1.82, 2.24) is 15.2 Å². The van der Waals surface area contributed by atoms with E-state index in [1.807, 2.05) is 13.0 Å². The van der Waals surface area contributed by atoms with E-state index in [2.05, 4.69) is 15.6 Å². The molecule has 2 fully saturated rings. The maximum absolute atomic E-state index is 12.3. The van der Waals surface area contributed by atoms with Gasteiger partial charge in [-0.3, -0.25) is 9.78 Å². The summed E-state index contributed by atoms with van der Waals surface area (Å²) in [6.07, 6.45) is 5.21. The minimum atomic E-state index is -0.245. The van der Waals surface area contributed by atoms with Gasteiger partial charge in [0.2, 0.25) is 0 Å². The third-order valence-corrected chi connectivity index (χ3v) is 4.90. The summed E-state index contributed by atoms with van der Waals surface area (Å²) in [5, 5.41) is 6.33. The van der Waals surface area contributed by atoms with E-state index in [-0.39, 0.29) is 24.1 Å². The van der Waals surface area contributed by atoms with Gasteiger partial charge in [0, 0.05) is 44.2 Å². The molecule has 8 heteroatoms. The minimum Gasteiger partial charge on any atom is -0.450 e. The molecule has 0 spiro atoms. The lowest BCUT2D eigenvalue weighted by Crippen LogP contribution is -2.42. The molecule has 3 rings (SSSR count). The van der Waals surface area contributed by atoms with Crippen molar-refractivity contribution in [1.29, 1.82) is 0 Å². The minimum absolute atomic E-state index is 0.111. The van der Waals surface area contributed by atoms with E-state index >= 15 is 0 Å². The fourth-order valence-corrected chi connectivity index (χ4v) is 3.40. The van der Waals surface area contributed by atoms with Crippen LogP contribution in [0.25, 0.3) is 0 Å². The second-order valence-corrected chi connectivity index (χ2v) is 6.88. The average molecular weight is 376 g/mol. The zero-order valence-electron chi connectivity index (χ0n) is 15.8. The van der Waals surface area contributed by atoms with Crippen molar-refractivity contribution in [3.05, 3.63) is 24.0 Å². The summed E-state index contributed by atoms with van der Waals surface area (Å²) in [4.78, 5) is 30.0. The number of hydrogen-bond acceptors (Lipinski definition) is 6. The molecule has 0 aromatic carbocycles. The van der Waals surface area contributed by atoms with Gasteiger partial charge in [-0.2, -0.15) is 0 Å². The first-order chi connectivity index (χ1) is 13.2. The molecular weight excluding hydrogens is 348 g/mol. The van der Waals surface area contributed by atoms with E-state index in [0.29, 0.717) is 31.9 Å². The number of aromatic nitrogens is 1. The van der Waals surface area contributed by atoms with Gasteiger partial charge in [0.15, 0.2) is 0 Å². The molecule has 1 aromatic rings. The van der Waals surface area contributed by atoms with Crippen molar-refractivity contribution in [3.8, 4) is 0 Å². The quantitative estimate of drug-likeness (QED) is 0.789. The Labute approximate surface area is 159 Å². The SMILES string of the molecule is CCOC(=O)N1CCC(Nc2ccnc(C(=O)NCC3CCCO3)c2)CC1. The van der Waals surface area contributed by atoms with Gasteiger partial charge in [-0.15, -0.1) is 0 Å². The Kier molecular flexibility index (Phi) is 6.86. The Bertz CT molecular complexity index is 640. The lowest BCUT2D eigenvalue weighted by Gasteiger charge is -2.32. The normalized spacial score (nSPS) is 20.3. The van der Waals surface area contributed by atoms with E-state index in [0.717, 1.165) is 38.0 Å². The van der Waals surface area contributed by atoms with Crippen molar-refractivity contribution in [2.45, 2.75) is 44.8 Å². The standard InChI is InChI=1S/C19H28N4O4/c1-2-26-19(25)23-9-6-14(7-10-23)22-15-5-8-20-17(12-15)18(24)21-13-16-4-3-11-27-16/h5,8,12,14,16H,2-4,6-7,9-11,13H2,1H3,(H,20,22)(H,21,24). The summed E-state index contributed by atoms with van der Waals surface area (Å²) in [6.45, 7) is 4.82. The maximum atomic E-state index is 12.3. The fraction of sp³-hybridized carbons (Fsp3) is 0.632. The molecule has 2 saturated heterocycles. The predicted molar refractivity (Wildman–Crippen MR) is 101 cm³/mol. The van der Waals surface area contributed by atoms with E-state index in [4.69, 9.17) is 9.47 Å². The number of carbonyl (C=O) groups is 2. The molecule has 0 saturated carbocycles. The Morgan fingerprint density at radius 1 is 1.33 bits per heavy atom. The highest BCUT2D eigenvalue weighted by Crippen LogP contribution is 2.18. The highest BCUT2D eigenvalue weighted by Gasteiger charge is 2.23. The number of nitrogens with one attached hydrogen (secondary N) is 2. The molecule has 2 amide bonds. The number of anilines is 1. The van der Waals surface area contributed by atoms with Crippen LogP contribution in [0.4, 0.5) is 10.5 Å². The van der Waals surface area contributed by atoms with Crippen LogP contribution >= 0.6 is 0 Å². The first-order valence-electron chi connectivity index (χ1n) is 9.69. The summed E-state index contributed by atoms with van der Waals surface area (Å²) >= 11 is 0. The molecule has 0 aliphatic carbocycles. The third-order valence-electron chi connectivity index (χ3n) is 4.90. The highest BCUT2D eigenvalue weighted by molar-refractivity contribution is 5.93. The number of ether oxygens (including phenoxy) is 2. The van der Waals surface area contributed by atoms with Crippen molar-refractivity contribution in [2.24, 2.45) is 0 Å². The van der Waals surface area contributed by atoms with Crippen molar-refractivity contribution < 1.29 is 19.1 Å². The van der Waals surface area contributed by atoms with Gasteiger partial charge in [0.25, 0.3) is 5.91 Å². The monoisotopic (exact) mass is 376 g/mol. The van der Waals surface area contributed by atoms with Gasteiger partial charge in [0.05, 0.1) is 12.7 Å². The van der Waals surface area contributed by atoms with Crippen LogP contribution in [-0.4, -0.2) is 66.9 Å². The van der Waals surface area contributed by atoms with Gasteiger partial charge in [-0.05, 0) is 44.7 Å². The summed E-state index contributed by atoms with van der Waals surface area (Å²) in [7, 11) is 0. The Balaban J connectivity index is 1.47. The molecule has 27 heavy (non-hydrogen) atoms. The first kappa shape index (κ1) is 19.4. The molecule has 3 heterocycles. The van der Waals surface area contributed by atoms with Crippen molar-refractivity contribution in [3.63, 3.8) is 0 Å². The van der Waals surface area contributed by atoms with Crippen LogP contribution in [0.1, 0.15) is 43.1 Å². The second-order valence-electron chi connectivity index (χ2n) is 6.88. The van der Waals surface area contributed by atoms with Gasteiger partial charge in [-0.25, -0.2) is 4.79 Å². The maximum Gasteiger partial charge on any atom is 0.409 e. The van der Waals surface area contributed by atoms with E-state index < -0.39 is 0 Å². The van der Waals surface area contributed by atoms with Gasteiger partial charge >= 0.3 is 6.09 Å². The molecule has 1 aromatic heterocycles. The van der Waals surface area contributed by atoms with E-state index in [1.165, 1.54) is 0 Å². The molecular formula is C19H28N4O4. The number of nitrogens with zero attached hydrogens (tertiary/aromatic N) is 2. The van der Waals surface area contributed by atoms with Gasteiger partial charge in [0.1, 0.15) is 5.69 Å². The smallest absolute Gasteiger partial charge is 0.409 e. The molecule has 148 valence electrons. The molecule has 8 nitrogen and oxygen atoms in total. The number of carbonyl (C=O) groups excluding carboxylic acids is 2. The number of piperidine rings is 1. The van der Waals surface area contributed by atoms with Crippen molar-refractivity contribution in [2.75, 3.05) is 38.2 Å². The Morgan fingerprint density at radius 2 is 2.15 bits per heavy atom. The van der Waals surface area contributed by atoms with Crippen LogP contribution in [0.5, 0.6) is 0 Å². The van der Waals surface area contributed by atoms with E-state index in [1.54, 1.807) is 17.2 Å². The fourth-order valence-electron chi connectivity index (χ4n) is 3.40. The number of pyridine rings is 1. The number of rotatable bonds is 6. The lowest BCUT2D eigenvalue weighted by atomic mass is 10.1. The first-order valence-corrected chi connectivity index (χ1v) is 9.69. The Morgan fingerprint density at radius 3 is 2.85 bits per heavy atom. The summed E-state index contributed by atoms with van der Waals surface area (Å²) in [5.41, 5.74) is 1.25. The van der Waals surface area contributed by atoms with Crippen molar-refractivity contribution >= 4 is 17.7 Å².